The van der Waals surface area contributed by atoms with E-state index < -0.39 is 0 Å². The van der Waals surface area contributed by atoms with Crippen LogP contribution in [-0.4, -0.2) is 36.6 Å². The van der Waals surface area contributed by atoms with Gasteiger partial charge in [0.2, 0.25) is 0 Å². The minimum atomic E-state index is 0.128. The molecule has 76 valence electrons. The Kier molecular flexibility index (Phi) is 3.19. The third-order valence-electron chi connectivity index (χ3n) is 2.91. The lowest BCUT2D eigenvalue weighted by Gasteiger charge is -2.21. The molecular weight excluding hydrogens is 168 g/mol. The normalized spacial score (nSPS) is 39.0. The maximum absolute atomic E-state index is 8.76. The Bertz CT molecular complexity index is 154. The van der Waals surface area contributed by atoms with Crippen LogP contribution in [0.3, 0.4) is 0 Å². The smallest absolute Gasteiger partial charge is 0.107 e. The molecule has 2 aliphatic heterocycles. The Hall–Kier alpha value is -0.120. The van der Waals surface area contributed by atoms with E-state index in [1.54, 1.807) is 0 Å². The first-order chi connectivity index (χ1) is 6.40. The van der Waals surface area contributed by atoms with Gasteiger partial charge < -0.3 is 14.6 Å². The van der Waals surface area contributed by atoms with Gasteiger partial charge in [0.15, 0.2) is 0 Å². The number of aliphatic hydroxyl groups is 1. The summed E-state index contributed by atoms with van der Waals surface area (Å²) >= 11 is 0. The van der Waals surface area contributed by atoms with Crippen LogP contribution in [0.5, 0.6) is 0 Å². The minimum Gasteiger partial charge on any atom is -0.394 e. The van der Waals surface area contributed by atoms with Crippen LogP contribution in [0, 0.1) is 0 Å². The summed E-state index contributed by atoms with van der Waals surface area (Å²) in [6.07, 6.45) is 6.78. The van der Waals surface area contributed by atoms with Crippen molar-refractivity contribution in [3.63, 3.8) is 0 Å². The van der Waals surface area contributed by atoms with Crippen LogP contribution < -0.4 is 0 Å². The van der Waals surface area contributed by atoms with Gasteiger partial charge in [0, 0.05) is 6.61 Å². The highest BCUT2D eigenvalue weighted by Crippen LogP contribution is 2.28. The fourth-order valence-electron chi connectivity index (χ4n) is 1.98. The highest BCUT2D eigenvalue weighted by molar-refractivity contribution is 4.84. The third kappa shape index (κ3) is 2.66. The summed E-state index contributed by atoms with van der Waals surface area (Å²) in [6, 6.07) is 0. The second kappa shape index (κ2) is 4.40. The molecule has 2 fully saturated rings. The molecule has 3 atom stereocenters. The molecule has 1 N–H and O–H groups in total. The quantitative estimate of drug-likeness (QED) is 0.668. The van der Waals surface area contributed by atoms with Crippen molar-refractivity contribution in [2.45, 2.75) is 50.4 Å². The molecule has 2 saturated heterocycles. The molecule has 3 heteroatoms. The Balaban J connectivity index is 1.57. The van der Waals surface area contributed by atoms with E-state index in [1.807, 2.05) is 0 Å². The SMILES string of the molecule is OC[C@H]1O[C@H]1CCC1CCCCO1. The lowest BCUT2D eigenvalue weighted by atomic mass is 10.0. The van der Waals surface area contributed by atoms with Gasteiger partial charge in [0.1, 0.15) is 6.10 Å². The molecule has 2 aliphatic rings. The zero-order valence-corrected chi connectivity index (χ0v) is 7.95. The fraction of sp³-hybridized carbons (Fsp3) is 1.00. The maximum atomic E-state index is 8.76. The van der Waals surface area contributed by atoms with E-state index in [0.29, 0.717) is 12.2 Å². The summed E-state index contributed by atoms with van der Waals surface area (Å²) in [5.41, 5.74) is 0. The monoisotopic (exact) mass is 186 g/mol. The van der Waals surface area contributed by atoms with Gasteiger partial charge in [-0.2, -0.15) is 0 Å². The van der Waals surface area contributed by atoms with Gasteiger partial charge in [-0.3, -0.25) is 0 Å². The lowest BCUT2D eigenvalue weighted by molar-refractivity contribution is 0.00905. The zero-order chi connectivity index (χ0) is 9.10. The van der Waals surface area contributed by atoms with Crippen molar-refractivity contribution >= 4 is 0 Å². The zero-order valence-electron chi connectivity index (χ0n) is 7.95. The van der Waals surface area contributed by atoms with Crippen LogP contribution in [0.1, 0.15) is 32.1 Å². The summed E-state index contributed by atoms with van der Waals surface area (Å²) < 4.78 is 10.9. The molecule has 0 aliphatic carbocycles. The molecule has 0 bridgehead atoms. The van der Waals surface area contributed by atoms with Crippen LogP contribution in [0.25, 0.3) is 0 Å². The summed E-state index contributed by atoms with van der Waals surface area (Å²) in [5.74, 6) is 0. The van der Waals surface area contributed by atoms with Gasteiger partial charge in [-0.15, -0.1) is 0 Å². The van der Waals surface area contributed by atoms with Crippen molar-refractivity contribution in [1.82, 2.24) is 0 Å². The number of epoxide rings is 1. The summed E-state index contributed by atoms with van der Waals surface area (Å²) in [7, 11) is 0. The highest BCUT2D eigenvalue weighted by Gasteiger charge is 2.37. The van der Waals surface area contributed by atoms with Crippen molar-refractivity contribution in [3.8, 4) is 0 Å². The number of hydrogen-bond donors (Lipinski definition) is 1. The molecule has 0 saturated carbocycles. The molecule has 0 spiro atoms. The van der Waals surface area contributed by atoms with E-state index in [0.717, 1.165) is 19.4 Å². The maximum Gasteiger partial charge on any atom is 0.107 e. The van der Waals surface area contributed by atoms with Gasteiger partial charge in [-0.05, 0) is 32.1 Å². The van der Waals surface area contributed by atoms with Crippen LogP contribution in [-0.2, 0) is 9.47 Å². The molecule has 0 aromatic rings. The largest absolute Gasteiger partial charge is 0.394 e. The molecule has 3 nitrogen and oxygen atoms in total. The first kappa shape index (κ1) is 9.44. The number of rotatable bonds is 4. The van der Waals surface area contributed by atoms with E-state index in [1.165, 1.54) is 19.3 Å². The predicted octanol–water partition coefficient (Wildman–Crippen LogP) is 1.10. The lowest BCUT2D eigenvalue weighted by Crippen LogP contribution is -2.19. The highest BCUT2D eigenvalue weighted by atomic mass is 16.6. The van der Waals surface area contributed by atoms with Crippen molar-refractivity contribution < 1.29 is 14.6 Å². The average Bonchev–Trinajstić information content (AvgIpc) is 2.95. The number of aliphatic hydroxyl groups excluding tert-OH is 1. The van der Waals surface area contributed by atoms with Crippen LogP contribution >= 0.6 is 0 Å². The Morgan fingerprint density at radius 3 is 2.69 bits per heavy atom. The second-order valence-electron chi connectivity index (χ2n) is 3.96. The Labute approximate surface area is 79.0 Å². The number of ether oxygens (including phenoxy) is 2. The van der Waals surface area contributed by atoms with Crippen molar-refractivity contribution in [3.05, 3.63) is 0 Å². The van der Waals surface area contributed by atoms with Crippen LogP contribution in [0.4, 0.5) is 0 Å². The Morgan fingerprint density at radius 1 is 1.15 bits per heavy atom. The fourth-order valence-corrected chi connectivity index (χ4v) is 1.98. The third-order valence-corrected chi connectivity index (χ3v) is 2.91. The number of hydrogen-bond acceptors (Lipinski definition) is 3. The first-order valence-electron chi connectivity index (χ1n) is 5.28. The molecule has 1 unspecified atom stereocenters. The van der Waals surface area contributed by atoms with E-state index in [9.17, 15) is 0 Å². The van der Waals surface area contributed by atoms with E-state index in [4.69, 9.17) is 14.6 Å². The van der Waals surface area contributed by atoms with Crippen molar-refractivity contribution in [1.29, 1.82) is 0 Å². The second-order valence-corrected chi connectivity index (χ2v) is 3.96. The van der Waals surface area contributed by atoms with Gasteiger partial charge in [0.25, 0.3) is 0 Å². The van der Waals surface area contributed by atoms with Crippen LogP contribution in [0.2, 0.25) is 0 Å². The molecular formula is C10H18O3. The summed E-state index contributed by atoms with van der Waals surface area (Å²) in [4.78, 5) is 0. The minimum absolute atomic E-state index is 0.128. The molecule has 0 aromatic carbocycles. The van der Waals surface area contributed by atoms with Gasteiger partial charge in [-0.25, -0.2) is 0 Å². The standard InChI is InChI=1S/C10H18O3/c11-7-10-9(13-10)5-4-8-3-1-2-6-12-8/h8-11H,1-7H2/t8?,9-,10+/m0/s1. The van der Waals surface area contributed by atoms with Gasteiger partial charge in [-0.1, -0.05) is 0 Å². The van der Waals surface area contributed by atoms with E-state index in [2.05, 4.69) is 0 Å². The molecule has 13 heavy (non-hydrogen) atoms. The molecule has 0 amide bonds. The predicted molar refractivity (Wildman–Crippen MR) is 48.6 cm³/mol. The topological polar surface area (TPSA) is 42.0 Å². The molecule has 2 heterocycles. The van der Waals surface area contributed by atoms with E-state index >= 15 is 0 Å². The first-order valence-corrected chi connectivity index (χ1v) is 5.28. The van der Waals surface area contributed by atoms with Crippen LogP contribution in [0.15, 0.2) is 0 Å². The molecule has 0 radical (unpaired) electrons. The van der Waals surface area contributed by atoms with Crippen molar-refractivity contribution in [2.75, 3.05) is 13.2 Å². The van der Waals surface area contributed by atoms with Gasteiger partial charge >= 0.3 is 0 Å². The van der Waals surface area contributed by atoms with Gasteiger partial charge in [0.05, 0.1) is 18.8 Å². The molecule has 2 rings (SSSR count). The van der Waals surface area contributed by atoms with E-state index in [-0.39, 0.29) is 12.7 Å². The Morgan fingerprint density at radius 2 is 2.08 bits per heavy atom. The van der Waals surface area contributed by atoms with Crippen molar-refractivity contribution in [2.24, 2.45) is 0 Å². The summed E-state index contributed by atoms with van der Waals surface area (Å²) in [6.45, 7) is 1.11. The summed E-state index contributed by atoms with van der Waals surface area (Å²) in [5, 5.41) is 8.76. The molecule has 0 aromatic heterocycles. The average molecular weight is 186 g/mol.